The molecule has 0 fully saturated rings. The van der Waals surface area contributed by atoms with Crippen molar-refractivity contribution < 1.29 is 14.3 Å². The van der Waals surface area contributed by atoms with Gasteiger partial charge in [0.1, 0.15) is 5.75 Å². The number of nitrogens with one attached hydrogen (secondary N) is 2. The standard InChI is InChI=1S/C24H27N3O3/c1-19-7-2-3-8-22(19)30-18-6-9-23(28)25-14-15-26-24(29)20-10-12-21(13-11-20)27-16-4-5-17-27/h2-5,7-8,10-13,16-17H,6,9,14-15,18H2,1H3,(H,25,28)(H,26,29). The van der Waals surface area contributed by atoms with Gasteiger partial charge in [0, 0.05) is 43.2 Å². The molecule has 0 spiro atoms. The van der Waals surface area contributed by atoms with E-state index in [2.05, 4.69) is 10.6 Å². The minimum atomic E-state index is -0.157. The highest BCUT2D eigenvalue weighted by Gasteiger charge is 2.06. The average molecular weight is 405 g/mol. The highest BCUT2D eigenvalue weighted by molar-refractivity contribution is 5.94. The summed E-state index contributed by atoms with van der Waals surface area (Å²) in [6.07, 6.45) is 4.93. The van der Waals surface area contributed by atoms with Gasteiger partial charge in [-0.3, -0.25) is 9.59 Å². The van der Waals surface area contributed by atoms with Crippen LogP contribution in [-0.4, -0.2) is 36.1 Å². The van der Waals surface area contributed by atoms with Gasteiger partial charge in [0.25, 0.3) is 5.91 Å². The SMILES string of the molecule is Cc1ccccc1OCCCC(=O)NCCNC(=O)c1ccc(-n2cccc2)cc1. The van der Waals surface area contributed by atoms with Crippen LogP contribution in [0.5, 0.6) is 5.75 Å². The molecule has 2 amide bonds. The number of hydrogen-bond donors (Lipinski definition) is 2. The summed E-state index contributed by atoms with van der Waals surface area (Å²) in [6.45, 7) is 3.26. The lowest BCUT2D eigenvalue weighted by Crippen LogP contribution is -2.34. The van der Waals surface area contributed by atoms with Gasteiger partial charge in [-0.15, -0.1) is 0 Å². The summed E-state index contributed by atoms with van der Waals surface area (Å²) >= 11 is 0. The van der Waals surface area contributed by atoms with Crippen LogP contribution in [-0.2, 0) is 4.79 Å². The summed E-state index contributed by atoms with van der Waals surface area (Å²) in [6, 6.07) is 19.1. The van der Waals surface area contributed by atoms with Gasteiger partial charge in [-0.2, -0.15) is 0 Å². The van der Waals surface area contributed by atoms with Gasteiger partial charge in [-0.05, 0) is 61.4 Å². The molecule has 0 radical (unpaired) electrons. The third-order valence-electron chi connectivity index (χ3n) is 4.66. The molecule has 2 N–H and O–H groups in total. The molecule has 0 aliphatic rings. The predicted octanol–water partition coefficient (Wildman–Crippen LogP) is 3.49. The van der Waals surface area contributed by atoms with Crippen LogP contribution in [0.4, 0.5) is 0 Å². The lowest BCUT2D eigenvalue weighted by Gasteiger charge is -2.10. The predicted molar refractivity (Wildman–Crippen MR) is 117 cm³/mol. The zero-order valence-electron chi connectivity index (χ0n) is 17.1. The number of aryl methyl sites for hydroxylation is 1. The topological polar surface area (TPSA) is 72.4 Å². The smallest absolute Gasteiger partial charge is 0.251 e. The molecule has 0 unspecified atom stereocenters. The largest absolute Gasteiger partial charge is 0.493 e. The molecule has 1 aromatic heterocycles. The molecule has 6 heteroatoms. The Hall–Kier alpha value is -3.54. The molecule has 6 nitrogen and oxygen atoms in total. The number of ether oxygens (including phenoxy) is 1. The summed E-state index contributed by atoms with van der Waals surface area (Å²) in [5.74, 6) is 0.644. The van der Waals surface area contributed by atoms with Crippen LogP contribution in [0.3, 0.4) is 0 Å². The Morgan fingerprint density at radius 2 is 1.60 bits per heavy atom. The van der Waals surface area contributed by atoms with Gasteiger partial charge >= 0.3 is 0 Å². The van der Waals surface area contributed by atoms with E-state index in [-0.39, 0.29) is 11.8 Å². The second-order valence-electron chi connectivity index (χ2n) is 6.96. The van der Waals surface area contributed by atoms with Crippen molar-refractivity contribution in [2.24, 2.45) is 0 Å². The number of amides is 2. The molecule has 156 valence electrons. The minimum Gasteiger partial charge on any atom is -0.493 e. The molecule has 0 aliphatic carbocycles. The molecule has 3 rings (SSSR count). The van der Waals surface area contributed by atoms with Crippen LogP contribution >= 0.6 is 0 Å². The van der Waals surface area contributed by atoms with Gasteiger partial charge in [-0.25, -0.2) is 0 Å². The van der Waals surface area contributed by atoms with Crippen molar-refractivity contribution >= 4 is 11.8 Å². The molecule has 3 aromatic rings. The Balaban J connectivity index is 1.29. The Morgan fingerprint density at radius 3 is 2.33 bits per heavy atom. The van der Waals surface area contributed by atoms with Crippen LogP contribution in [0, 0.1) is 6.92 Å². The molecule has 2 aromatic carbocycles. The van der Waals surface area contributed by atoms with E-state index in [1.807, 2.05) is 72.4 Å². The summed E-state index contributed by atoms with van der Waals surface area (Å²) in [7, 11) is 0. The van der Waals surface area contributed by atoms with Crippen molar-refractivity contribution in [3.05, 3.63) is 84.2 Å². The lowest BCUT2D eigenvalue weighted by molar-refractivity contribution is -0.121. The van der Waals surface area contributed by atoms with Gasteiger partial charge in [0.2, 0.25) is 5.91 Å². The lowest BCUT2D eigenvalue weighted by atomic mass is 10.2. The maximum Gasteiger partial charge on any atom is 0.251 e. The van der Waals surface area contributed by atoms with Crippen LogP contribution in [0.15, 0.2) is 73.1 Å². The first-order valence-corrected chi connectivity index (χ1v) is 10.1. The van der Waals surface area contributed by atoms with E-state index in [0.29, 0.717) is 38.1 Å². The average Bonchev–Trinajstić information content (AvgIpc) is 3.30. The number of aromatic nitrogens is 1. The van der Waals surface area contributed by atoms with E-state index in [1.54, 1.807) is 12.1 Å². The quantitative estimate of drug-likeness (QED) is 0.507. The van der Waals surface area contributed by atoms with Crippen molar-refractivity contribution in [2.45, 2.75) is 19.8 Å². The van der Waals surface area contributed by atoms with E-state index in [9.17, 15) is 9.59 Å². The maximum absolute atomic E-state index is 12.2. The van der Waals surface area contributed by atoms with Crippen LogP contribution < -0.4 is 15.4 Å². The van der Waals surface area contributed by atoms with E-state index < -0.39 is 0 Å². The third kappa shape index (κ3) is 6.24. The Bertz CT molecular complexity index is 950. The number of nitrogens with zero attached hydrogens (tertiary/aromatic N) is 1. The molecule has 1 heterocycles. The van der Waals surface area contributed by atoms with Crippen LogP contribution in [0.25, 0.3) is 5.69 Å². The molecule has 0 saturated heterocycles. The van der Waals surface area contributed by atoms with E-state index in [1.165, 1.54) is 0 Å². The Kier molecular flexibility index (Phi) is 7.66. The number of carbonyl (C=O) groups is 2. The summed E-state index contributed by atoms with van der Waals surface area (Å²) in [4.78, 5) is 24.1. The summed E-state index contributed by atoms with van der Waals surface area (Å²) in [5.41, 5.74) is 2.66. The molecular weight excluding hydrogens is 378 g/mol. The first-order chi connectivity index (χ1) is 14.6. The second kappa shape index (κ2) is 10.9. The zero-order valence-corrected chi connectivity index (χ0v) is 17.1. The highest BCUT2D eigenvalue weighted by Crippen LogP contribution is 2.16. The monoisotopic (exact) mass is 405 g/mol. The van der Waals surface area contributed by atoms with E-state index in [0.717, 1.165) is 17.0 Å². The number of benzene rings is 2. The van der Waals surface area contributed by atoms with Gasteiger partial charge in [-0.1, -0.05) is 18.2 Å². The first-order valence-electron chi connectivity index (χ1n) is 10.1. The fraction of sp³-hybridized carbons (Fsp3) is 0.250. The highest BCUT2D eigenvalue weighted by atomic mass is 16.5. The molecular formula is C24H27N3O3. The molecule has 0 aliphatic heterocycles. The van der Waals surface area contributed by atoms with Gasteiger partial charge < -0.3 is 19.9 Å². The number of carbonyl (C=O) groups excluding carboxylic acids is 2. The van der Waals surface area contributed by atoms with Crippen LogP contribution in [0.2, 0.25) is 0 Å². The molecule has 30 heavy (non-hydrogen) atoms. The fourth-order valence-corrected chi connectivity index (χ4v) is 2.99. The van der Waals surface area contributed by atoms with Crippen molar-refractivity contribution in [3.63, 3.8) is 0 Å². The summed E-state index contributed by atoms with van der Waals surface area (Å²) in [5, 5.41) is 5.63. The minimum absolute atomic E-state index is 0.0475. The van der Waals surface area contributed by atoms with Crippen molar-refractivity contribution in [2.75, 3.05) is 19.7 Å². The number of hydrogen-bond acceptors (Lipinski definition) is 3. The van der Waals surface area contributed by atoms with Crippen LogP contribution in [0.1, 0.15) is 28.8 Å². The number of para-hydroxylation sites is 1. The summed E-state index contributed by atoms with van der Waals surface area (Å²) < 4.78 is 7.66. The van der Waals surface area contributed by atoms with Gasteiger partial charge in [0.15, 0.2) is 0 Å². The molecule has 0 atom stereocenters. The fourth-order valence-electron chi connectivity index (χ4n) is 2.99. The number of rotatable bonds is 10. The van der Waals surface area contributed by atoms with Crippen molar-refractivity contribution in [1.29, 1.82) is 0 Å². The van der Waals surface area contributed by atoms with Crippen molar-refractivity contribution in [3.8, 4) is 11.4 Å². The molecule has 0 bridgehead atoms. The van der Waals surface area contributed by atoms with E-state index >= 15 is 0 Å². The normalized spacial score (nSPS) is 10.4. The Morgan fingerprint density at radius 1 is 0.900 bits per heavy atom. The zero-order chi connectivity index (χ0) is 21.2. The maximum atomic E-state index is 12.2. The van der Waals surface area contributed by atoms with Crippen molar-refractivity contribution in [1.82, 2.24) is 15.2 Å². The first kappa shape index (κ1) is 21.2. The van der Waals surface area contributed by atoms with Gasteiger partial charge in [0.05, 0.1) is 6.61 Å². The second-order valence-corrected chi connectivity index (χ2v) is 6.96. The molecule has 0 saturated carbocycles. The third-order valence-corrected chi connectivity index (χ3v) is 4.66. The van der Waals surface area contributed by atoms with E-state index in [4.69, 9.17) is 4.74 Å². The Labute approximate surface area is 176 Å².